The molecule has 104 valence electrons. The number of thiophene rings is 1. The molecule has 0 aliphatic carbocycles. The molecule has 20 heavy (non-hydrogen) atoms. The van der Waals surface area contributed by atoms with Gasteiger partial charge in [0.05, 0.1) is 11.0 Å². The number of halogens is 1. The molecule has 1 aromatic carbocycles. The molecule has 2 heterocycles. The third kappa shape index (κ3) is 2.29. The number of nitrogen functional groups attached to an aromatic ring is 1. The smallest absolute Gasteiger partial charge is 0.201 e. The standard InChI is InChI=1S/C15H16FN3S/c1-9(7-12-5-3-10(2)20-12)19-14-6-4-11(16)8-13(14)18-15(19)17/h3-6,8-9H,7H2,1-2H3,(H2,17,18). The maximum absolute atomic E-state index is 13.2. The van der Waals surface area contributed by atoms with Gasteiger partial charge in [0, 0.05) is 28.3 Å². The molecule has 0 bridgehead atoms. The Balaban J connectivity index is 1.98. The van der Waals surface area contributed by atoms with Crippen molar-refractivity contribution in [3.05, 3.63) is 45.9 Å². The van der Waals surface area contributed by atoms with E-state index in [-0.39, 0.29) is 11.9 Å². The molecule has 1 unspecified atom stereocenters. The molecule has 1 atom stereocenters. The second-order valence-corrected chi connectivity index (χ2v) is 6.41. The van der Waals surface area contributed by atoms with Crippen molar-refractivity contribution >= 4 is 28.3 Å². The van der Waals surface area contributed by atoms with E-state index in [2.05, 4.69) is 31.0 Å². The number of rotatable bonds is 3. The molecule has 3 nitrogen and oxygen atoms in total. The van der Waals surface area contributed by atoms with Gasteiger partial charge >= 0.3 is 0 Å². The van der Waals surface area contributed by atoms with E-state index in [1.165, 1.54) is 21.9 Å². The van der Waals surface area contributed by atoms with Gasteiger partial charge in [-0.3, -0.25) is 0 Å². The molecule has 0 saturated heterocycles. The van der Waals surface area contributed by atoms with Gasteiger partial charge in [0.15, 0.2) is 0 Å². The Morgan fingerprint density at radius 2 is 2.15 bits per heavy atom. The van der Waals surface area contributed by atoms with E-state index in [1.54, 1.807) is 17.4 Å². The van der Waals surface area contributed by atoms with Crippen LogP contribution in [0.15, 0.2) is 30.3 Å². The maximum atomic E-state index is 13.2. The number of anilines is 1. The van der Waals surface area contributed by atoms with Crippen LogP contribution in [0.5, 0.6) is 0 Å². The van der Waals surface area contributed by atoms with Crippen molar-refractivity contribution in [1.82, 2.24) is 9.55 Å². The number of nitrogens with zero attached hydrogens (tertiary/aromatic N) is 2. The number of nitrogens with two attached hydrogens (primary N) is 1. The molecule has 5 heteroatoms. The van der Waals surface area contributed by atoms with Crippen LogP contribution >= 0.6 is 11.3 Å². The van der Waals surface area contributed by atoms with Gasteiger partial charge in [0.25, 0.3) is 0 Å². The fraction of sp³-hybridized carbons (Fsp3) is 0.267. The molecule has 2 N–H and O–H groups in total. The van der Waals surface area contributed by atoms with E-state index in [0.29, 0.717) is 11.5 Å². The SMILES string of the molecule is Cc1ccc(CC(C)n2c(N)nc3cc(F)ccc32)s1. The van der Waals surface area contributed by atoms with Gasteiger partial charge < -0.3 is 10.3 Å². The quantitative estimate of drug-likeness (QED) is 0.794. The summed E-state index contributed by atoms with van der Waals surface area (Å²) in [7, 11) is 0. The van der Waals surface area contributed by atoms with Gasteiger partial charge in [-0.15, -0.1) is 11.3 Å². The molecule has 2 aromatic heterocycles. The number of hydrogen-bond acceptors (Lipinski definition) is 3. The minimum atomic E-state index is -0.288. The van der Waals surface area contributed by atoms with Crippen LogP contribution in [0.4, 0.5) is 10.3 Å². The lowest BCUT2D eigenvalue weighted by atomic mass is 10.2. The first-order valence-corrected chi connectivity index (χ1v) is 7.34. The summed E-state index contributed by atoms with van der Waals surface area (Å²) in [6.45, 7) is 4.21. The van der Waals surface area contributed by atoms with Crippen LogP contribution in [-0.4, -0.2) is 9.55 Å². The molecule has 0 fully saturated rings. The fourth-order valence-corrected chi connectivity index (χ4v) is 3.54. The zero-order valence-electron chi connectivity index (χ0n) is 11.4. The van der Waals surface area contributed by atoms with Gasteiger partial charge in [0.2, 0.25) is 5.95 Å². The molecule has 0 spiro atoms. The van der Waals surface area contributed by atoms with Crippen LogP contribution < -0.4 is 5.73 Å². The highest BCUT2D eigenvalue weighted by molar-refractivity contribution is 7.11. The third-order valence-electron chi connectivity index (χ3n) is 3.41. The summed E-state index contributed by atoms with van der Waals surface area (Å²) in [5.41, 5.74) is 7.48. The monoisotopic (exact) mass is 289 g/mol. The van der Waals surface area contributed by atoms with E-state index in [0.717, 1.165) is 11.9 Å². The number of benzene rings is 1. The lowest BCUT2D eigenvalue weighted by Crippen LogP contribution is -2.10. The summed E-state index contributed by atoms with van der Waals surface area (Å²) in [5.74, 6) is 0.148. The largest absolute Gasteiger partial charge is 0.369 e. The molecule has 0 saturated carbocycles. The number of fused-ring (bicyclic) bond motifs is 1. The third-order valence-corrected chi connectivity index (χ3v) is 4.44. The average Bonchev–Trinajstić information content (AvgIpc) is 2.91. The Labute approximate surface area is 120 Å². The Bertz CT molecular complexity index is 760. The molecule has 3 rings (SSSR count). The summed E-state index contributed by atoms with van der Waals surface area (Å²) in [4.78, 5) is 6.87. The van der Waals surface area contributed by atoms with Gasteiger partial charge in [-0.2, -0.15) is 0 Å². The summed E-state index contributed by atoms with van der Waals surface area (Å²) in [6, 6.07) is 9.06. The second-order valence-electron chi connectivity index (χ2n) is 5.04. The summed E-state index contributed by atoms with van der Waals surface area (Å²) < 4.78 is 15.2. The lowest BCUT2D eigenvalue weighted by Gasteiger charge is -2.15. The summed E-state index contributed by atoms with van der Waals surface area (Å²) >= 11 is 1.79. The van der Waals surface area contributed by atoms with Crippen molar-refractivity contribution in [2.24, 2.45) is 0 Å². The molecule has 3 aromatic rings. The highest BCUT2D eigenvalue weighted by Gasteiger charge is 2.15. The number of hydrogen-bond donors (Lipinski definition) is 1. The van der Waals surface area contributed by atoms with Crippen molar-refractivity contribution in [2.75, 3.05) is 5.73 Å². The minimum absolute atomic E-state index is 0.184. The van der Waals surface area contributed by atoms with Crippen LogP contribution in [0.3, 0.4) is 0 Å². The van der Waals surface area contributed by atoms with Crippen molar-refractivity contribution < 1.29 is 4.39 Å². The Morgan fingerprint density at radius 1 is 1.35 bits per heavy atom. The van der Waals surface area contributed by atoms with Crippen molar-refractivity contribution in [3.63, 3.8) is 0 Å². The van der Waals surface area contributed by atoms with Crippen LogP contribution in [0, 0.1) is 12.7 Å². The number of aryl methyl sites for hydroxylation is 1. The normalized spacial score (nSPS) is 12.9. The molecule has 0 amide bonds. The van der Waals surface area contributed by atoms with Crippen LogP contribution in [-0.2, 0) is 6.42 Å². The molecular formula is C15H16FN3S. The first kappa shape index (κ1) is 13.1. The van der Waals surface area contributed by atoms with Gasteiger partial charge in [-0.25, -0.2) is 9.37 Å². The van der Waals surface area contributed by atoms with Crippen LogP contribution in [0.2, 0.25) is 0 Å². The summed E-state index contributed by atoms with van der Waals surface area (Å²) in [6.07, 6.45) is 0.894. The summed E-state index contributed by atoms with van der Waals surface area (Å²) in [5, 5.41) is 0. The Morgan fingerprint density at radius 3 is 2.85 bits per heavy atom. The van der Waals surface area contributed by atoms with Crippen LogP contribution in [0.25, 0.3) is 11.0 Å². The minimum Gasteiger partial charge on any atom is -0.369 e. The zero-order valence-corrected chi connectivity index (χ0v) is 12.2. The first-order valence-electron chi connectivity index (χ1n) is 6.53. The fourth-order valence-electron chi connectivity index (χ4n) is 2.53. The molecule has 0 radical (unpaired) electrons. The van der Waals surface area contributed by atoms with E-state index < -0.39 is 0 Å². The molecule has 0 aliphatic heterocycles. The zero-order chi connectivity index (χ0) is 14.3. The second kappa shape index (κ2) is 4.90. The topological polar surface area (TPSA) is 43.8 Å². The molecular weight excluding hydrogens is 273 g/mol. The lowest BCUT2D eigenvalue weighted by molar-refractivity contribution is 0.570. The number of imidazole rings is 1. The Kier molecular flexibility index (Phi) is 3.22. The predicted molar refractivity (Wildman–Crippen MR) is 81.6 cm³/mol. The first-order chi connectivity index (χ1) is 9.54. The van der Waals surface area contributed by atoms with E-state index >= 15 is 0 Å². The van der Waals surface area contributed by atoms with Gasteiger partial charge in [0.1, 0.15) is 5.82 Å². The van der Waals surface area contributed by atoms with Crippen molar-refractivity contribution in [2.45, 2.75) is 26.3 Å². The Hall–Kier alpha value is -1.88. The van der Waals surface area contributed by atoms with Crippen molar-refractivity contribution in [1.29, 1.82) is 0 Å². The maximum Gasteiger partial charge on any atom is 0.201 e. The predicted octanol–water partition coefficient (Wildman–Crippen LogP) is 3.93. The molecule has 0 aliphatic rings. The number of aromatic nitrogens is 2. The highest BCUT2D eigenvalue weighted by Crippen LogP contribution is 2.27. The van der Waals surface area contributed by atoms with Gasteiger partial charge in [-0.1, -0.05) is 0 Å². The van der Waals surface area contributed by atoms with Gasteiger partial charge in [-0.05, 0) is 38.1 Å². The van der Waals surface area contributed by atoms with E-state index in [4.69, 9.17) is 5.73 Å². The van der Waals surface area contributed by atoms with E-state index in [1.807, 2.05) is 4.57 Å². The highest BCUT2D eigenvalue weighted by atomic mass is 32.1. The van der Waals surface area contributed by atoms with Crippen molar-refractivity contribution in [3.8, 4) is 0 Å². The van der Waals surface area contributed by atoms with Crippen LogP contribution in [0.1, 0.15) is 22.7 Å². The van der Waals surface area contributed by atoms with E-state index in [9.17, 15) is 4.39 Å². The average molecular weight is 289 g/mol.